The van der Waals surface area contributed by atoms with Crippen LogP contribution in [0.15, 0.2) is 4.52 Å². The van der Waals surface area contributed by atoms with Crippen LogP contribution in [0, 0.1) is 6.92 Å². The Balaban J connectivity index is 1.88. The lowest BCUT2D eigenvalue weighted by molar-refractivity contribution is -0.133. The van der Waals surface area contributed by atoms with E-state index in [1.807, 2.05) is 11.8 Å². The monoisotopic (exact) mass is 328 g/mol. The highest BCUT2D eigenvalue weighted by molar-refractivity contribution is 6.29. The van der Waals surface area contributed by atoms with E-state index in [2.05, 4.69) is 12.1 Å². The highest BCUT2D eigenvalue weighted by atomic mass is 35.5. The van der Waals surface area contributed by atoms with E-state index in [0.29, 0.717) is 24.6 Å². The Kier molecular flexibility index (Phi) is 6.70. The Labute approximate surface area is 136 Å². The Bertz CT molecular complexity index is 464. The van der Waals surface area contributed by atoms with Gasteiger partial charge in [0.25, 0.3) is 0 Å². The summed E-state index contributed by atoms with van der Waals surface area (Å²) < 4.78 is 10.7. The molecular formula is C16H25ClN2O3. The van der Waals surface area contributed by atoms with Gasteiger partial charge < -0.3 is 14.2 Å². The van der Waals surface area contributed by atoms with Gasteiger partial charge in [-0.2, -0.15) is 0 Å². The van der Waals surface area contributed by atoms with Crippen LogP contribution in [0.2, 0.25) is 5.22 Å². The second-order valence-electron chi connectivity index (χ2n) is 5.85. The van der Waals surface area contributed by atoms with E-state index < -0.39 is 0 Å². The van der Waals surface area contributed by atoms with Crippen LogP contribution in [-0.2, 0) is 16.0 Å². The number of halogens is 1. The zero-order chi connectivity index (χ0) is 15.9. The van der Waals surface area contributed by atoms with E-state index in [0.717, 1.165) is 43.7 Å². The topological polar surface area (TPSA) is 55.6 Å². The van der Waals surface area contributed by atoms with Crippen molar-refractivity contribution in [3.05, 3.63) is 16.5 Å². The van der Waals surface area contributed by atoms with Gasteiger partial charge in [0.1, 0.15) is 0 Å². The molecule has 1 fully saturated rings. The minimum Gasteiger partial charge on any atom is -0.376 e. The average molecular weight is 329 g/mol. The van der Waals surface area contributed by atoms with Crippen LogP contribution < -0.4 is 0 Å². The molecule has 0 aromatic carbocycles. The van der Waals surface area contributed by atoms with Gasteiger partial charge in [-0.15, -0.1) is 0 Å². The first-order valence-electron chi connectivity index (χ1n) is 8.11. The summed E-state index contributed by atoms with van der Waals surface area (Å²) in [6, 6.07) is 0. The van der Waals surface area contributed by atoms with Gasteiger partial charge >= 0.3 is 0 Å². The first-order valence-corrected chi connectivity index (χ1v) is 8.49. The van der Waals surface area contributed by atoms with Gasteiger partial charge in [0, 0.05) is 31.7 Å². The Morgan fingerprint density at radius 2 is 2.27 bits per heavy atom. The number of hydrogen-bond acceptors (Lipinski definition) is 4. The number of aromatic nitrogens is 1. The molecular weight excluding hydrogens is 304 g/mol. The molecule has 1 unspecified atom stereocenters. The van der Waals surface area contributed by atoms with E-state index in [-0.39, 0.29) is 12.0 Å². The molecule has 1 amide bonds. The van der Waals surface area contributed by atoms with Crippen molar-refractivity contribution in [3.8, 4) is 0 Å². The lowest BCUT2D eigenvalue weighted by Gasteiger charge is -2.30. The smallest absolute Gasteiger partial charge is 0.229 e. The van der Waals surface area contributed by atoms with E-state index in [1.165, 1.54) is 6.42 Å². The van der Waals surface area contributed by atoms with Gasteiger partial charge in [-0.1, -0.05) is 12.1 Å². The molecule has 5 nitrogen and oxygen atoms in total. The predicted molar refractivity (Wildman–Crippen MR) is 85.0 cm³/mol. The van der Waals surface area contributed by atoms with Crippen LogP contribution >= 0.6 is 11.6 Å². The SMILES string of the molecule is CCCN(CC1CCCCO1)C(=O)CCc1c(C)noc1Cl. The number of nitrogens with zero attached hydrogens (tertiary/aromatic N) is 2. The largest absolute Gasteiger partial charge is 0.376 e. The summed E-state index contributed by atoms with van der Waals surface area (Å²) in [6.07, 6.45) is 5.49. The van der Waals surface area contributed by atoms with E-state index in [4.69, 9.17) is 20.9 Å². The molecule has 0 saturated carbocycles. The Morgan fingerprint density at radius 3 is 2.86 bits per heavy atom. The maximum Gasteiger partial charge on any atom is 0.229 e. The van der Waals surface area contributed by atoms with E-state index in [1.54, 1.807) is 0 Å². The van der Waals surface area contributed by atoms with Crippen LogP contribution in [0.3, 0.4) is 0 Å². The Morgan fingerprint density at radius 1 is 1.45 bits per heavy atom. The number of rotatable bonds is 7. The molecule has 1 aromatic heterocycles. The molecule has 2 heterocycles. The summed E-state index contributed by atoms with van der Waals surface area (Å²) in [6.45, 7) is 6.21. The van der Waals surface area contributed by atoms with E-state index >= 15 is 0 Å². The van der Waals surface area contributed by atoms with E-state index in [9.17, 15) is 4.79 Å². The first-order chi connectivity index (χ1) is 10.6. The van der Waals surface area contributed by atoms with Crippen molar-refractivity contribution in [2.75, 3.05) is 19.7 Å². The third kappa shape index (κ3) is 4.71. The molecule has 1 aromatic rings. The fourth-order valence-electron chi connectivity index (χ4n) is 2.82. The van der Waals surface area contributed by atoms with Gasteiger partial charge in [-0.25, -0.2) is 0 Å². The fourth-order valence-corrected chi connectivity index (χ4v) is 3.08. The molecule has 22 heavy (non-hydrogen) atoms. The number of ether oxygens (including phenoxy) is 1. The molecule has 1 atom stereocenters. The number of hydrogen-bond donors (Lipinski definition) is 0. The molecule has 6 heteroatoms. The first kappa shape index (κ1) is 17.3. The summed E-state index contributed by atoms with van der Waals surface area (Å²) in [5.41, 5.74) is 1.59. The zero-order valence-corrected chi connectivity index (χ0v) is 14.2. The summed E-state index contributed by atoms with van der Waals surface area (Å²) >= 11 is 5.95. The maximum absolute atomic E-state index is 12.5. The van der Waals surface area contributed by atoms with Crippen molar-refractivity contribution in [2.24, 2.45) is 0 Å². The predicted octanol–water partition coefficient (Wildman–Crippen LogP) is 3.38. The quantitative estimate of drug-likeness (QED) is 0.770. The average Bonchev–Trinajstić information content (AvgIpc) is 2.84. The van der Waals surface area contributed by atoms with Crippen LogP contribution in [0.25, 0.3) is 0 Å². The summed E-state index contributed by atoms with van der Waals surface area (Å²) in [5, 5.41) is 4.11. The molecule has 1 aliphatic rings. The van der Waals surface area contributed by atoms with Gasteiger partial charge in [0.15, 0.2) is 0 Å². The second kappa shape index (κ2) is 8.53. The molecule has 124 valence electrons. The number of carbonyl (C=O) groups is 1. The highest BCUT2D eigenvalue weighted by Crippen LogP contribution is 2.21. The van der Waals surface area contributed by atoms with Crippen LogP contribution in [0.4, 0.5) is 0 Å². The standard InChI is InChI=1S/C16H25ClN2O3/c1-3-9-19(11-13-6-4-5-10-21-13)15(20)8-7-14-12(2)18-22-16(14)17/h13H,3-11H2,1-2H3. The minimum absolute atomic E-state index is 0.146. The number of amides is 1. The number of carbonyl (C=O) groups excluding carboxylic acids is 1. The van der Waals surface area contributed by atoms with Crippen molar-refractivity contribution in [1.82, 2.24) is 10.1 Å². The number of aryl methyl sites for hydroxylation is 1. The summed E-state index contributed by atoms with van der Waals surface area (Å²) in [5.74, 6) is 0.146. The van der Waals surface area contributed by atoms with Crippen LogP contribution in [0.5, 0.6) is 0 Å². The summed E-state index contributed by atoms with van der Waals surface area (Å²) in [7, 11) is 0. The molecule has 0 N–H and O–H groups in total. The minimum atomic E-state index is 0.146. The van der Waals surface area contributed by atoms with Gasteiger partial charge in [0.05, 0.1) is 11.8 Å². The molecule has 1 saturated heterocycles. The molecule has 0 aliphatic carbocycles. The Hall–Kier alpha value is -1.07. The second-order valence-corrected chi connectivity index (χ2v) is 6.19. The third-order valence-corrected chi connectivity index (χ3v) is 4.37. The van der Waals surface area contributed by atoms with Crippen molar-refractivity contribution >= 4 is 17.5 Å². The third-order valence-electron chi connectivity index (χ3n) is 4.07. The lowest BCUT2D eigenvalue weighted by atomic mass is 10.1. The van der Waals surface area contributed by atoms with Crippen molar-refractivity contribution in [2.45, 2.75) is 58.5 Å². The van der Waals surface area contributed by atoms with Crippen LogP contribution in [0.1, 0.15) is 50.3 Å². The summed E-state index contributed by atoms with van der Waals surface area (Å²) in [4.78, 5) is 14.4. The van der Waals surface area contributed by atoms with Crippen molar-refractivity contribution < 1.29 is 14.1 Å². The maximum atomic E-state index is 12.5. The van der Waals surface area contributed by atoms with Crippen molar-refractivity contribution in [3.63, 3.8) is 0 Å². The molecule has 0 radical (unpaired) electrons. The zero-order valence-electron chi connectivity index (χ0n) is 13.4. The fraction of sp³-hybridized carbons (Fsp3) is 0.750. The van der Waals surface area contributed by atoms with Gasteiger partial charge in [-0.3, -0.25) is 4.79 Å². The molecule has 1 aliphatic heterocycles. The van der Waals surface area contributed by atoms with Gasteiger partial charge in [-0.05, 0) is 50.6 Å². The molecule has 0 spiro atoms. The lowest BCUT2D eigenvalue weighted by Crippen LogP contribution is -2.40. The van der Waals surface area contributed by atoms with Gasteiger partial charge in [0.2, 0.25) is 11.1 Å². The van der Waals surface area contributed by atoms with Crippen LogP contribution in [-0.4, -0.2) is 41.8 Å². The highest BCUT2D eigenvalue weighted by Gasteiger charge is 2.21. The molecule has 2 rings (SSSR count). The normalized spacial score (nSPS) is 18.4. The molecule has 0 bridgehead atoms. The van der Waals surface area contributed by atoms with Crippen molar-refractivity contribution in [1.29, 1.82) is 0 Å².